The van der Waals surface area contributed by atoms with Crippen molar-refractivity contribution in [3.8, 4) is 5.75 Å². The molecule has 1 saturated heterocycles. The van der Waals surface area contributed by atoms with Gasteiger partial charge in [0.15, 0.2) is 4.21 Å². The lowest BCUT2D eigenvalue weighted by molar-refractivity contribution is 0.0693. The summed E-state index contributed by atoms with van der Waals surface area (Å²) in [5.41, 5.74) is 1.78. The van der Waals surface area contributed by atoms with Crippen molar-refractivity contribution in [2.75, 3.05) is 26.2 Å². The highest BCUT2D eigenvalue weighted by Crippen LogP contribution is 2.25. The minimum Gasteiger partial charge on any atom is -0.488 e. The maximum atomic E-state index is 13.1. The van der Waals surface area contributed by atoms with Crippen molar-refractivity contribution in [2.45, 2.75) is 17.7 Å². The second-order valence-corrected chi connectivity index (χ2v) is 10.5. The summed E-state index contributed by atoms with van der Waals surface area (Å²) in [6.07, 6.45) is 0. The van der Waals surface area contributed by atoms with Gasteiger partial charge in [-0.1, -0.05) is 53.8 Å². The van der Waals surface area contributed by atoms with Crippen LogP contribution in [0, 0.1) is 6.92 Å². The summed E-state index contributed by atoms with van der Waals surface area (Å²) < 4.78 is 33.0. The van der Waals surface area contributed by atoms with Gasteiger partial charge in [0.25, 0.3) is 15.9 Å². The Hall–Kier alpha value is -2.95. The minimum atomic E-state index is -3.78. The SMILES string of the molecule is Cc1[nH]c(=O)sc1S(=O)(=O)N1CCN(C(=O)c2ccccc2OCc2ccccc2)CC1. The maximum Gasteiger partial charge on any atom is 0.305 e. The molecular formula is C22H23N3O5S2. The first-order chi connectivity index (χ1) is 15.4. The molecule has 1 aromatic heterocycles. The van der Waals surface area contributed by atoms with Crippen LogP contribution in [0.2, 0.25) is 0 Å². The molecule has 1 aliphatic heterocycles. The molecule has 8 nitrogen and oxygen atoms in total. The van der Waals surface area contributed by atoms with Crippen molar-refractivity contribution in [1.29, 1.82) is 0 Å². The number of H-pyrrole nitrogens is 1. The van der Waals surface area contributed by atoms with Gasteiger partial charge in [-0.2, -0.15) is 4.31 Å². The van der Waals surface area contributed by atoms with Gasteiger partial charge in [-0.05, 0) is 24.6 Å². The predicted molar refractivity (Wildman–Crippen MR) is 122 cm³/mol. The lowest BCUT2D eigenvalue weighted by Crippen LogP contribution is -2.50. The number of hydrogen-bond donors (Lipinski definition) is 1. The van der Waals surface area contributed by atoms with Crippen molar-refractivity contribution < 1.29 is 17.9 Å². The first-order valence-electron chi connectivity index (χ1n) is 10.1. The zero-order valence-corrected chi connectivity index (χ0v) is 19.1. The Kier molecular flexibility index (Phi) is 6.45. The zero-order valence-electron chi connectivity index (χ0n) is 17.5. The quantitative estimate of drug-likeness (QED) is 0.593. The number of para-hydroxylation sites is 1. The fourth-order valence-electron chi connectivity index (χ4n) is 3.56. The summed E-state index contributed by atoms with van der Waals surface area (Å²) in [5.74, 6) is 0.289. The van der Waals surface area contributed by atoms with Crippen LogP contribution < -0.4 is 9.61 Å². The molecule has 3 aromatic rings. The van der Waals surface area contributed by atoms with Crippen LogP contribution >= 0.6 is 11.3 Å². The van der Waals surface area contributed by atoms with E-state index in [0.29, 0.717) is 35.0 Å². The Labute approximate surface area is 190 Å². The van der Waals surface area contributed by atoms with Crippen molar-refractivity contribution in [3.05, 3.63) is 81.1 Å². The number of aromatic nitrogens is 1. The molecule has 1 N–H and O–H groups in total. The molecule has 10 heteroatoms. The molecule has 4 rings (SSSR count). The van der Waals surface area contributed by atoms with E-state index in [2.05, 4.69) is 4.98 Å². The number of nitrogens with one attached hydrogen (secondary N) is 1. The molecule has 0 spiro atoms. The molecule has 2 heterocycles. The van der Waals surface area contributed by atoms with E-state index in [-0.39, 0.29) is 36.3 Å². The van der Waals surface area contributed by atoms with Gasteiger partial charge in [-0.15, -0.1) is 0 Å². The highest BCUT2D eigenvalue weighted by Gasteiger charge is 2.33. The average molecular weight is 474 g/mol. The number of rotatable bonds is 6. The van der Waals surface area contributed by atoms with E-state index in [1.54, 1.807) is 30.0 Å². The van der Waals surface area contributed by atoms with E-state index in [1.165, 1.54) is 4.31 Å². The van der Waals surface area contributed by atoms with Gasteiger partial charge in [0.05, 0.1) is 5.56 Å². The third kappa shape index (κ3) is 4.62. The Balaban J connectivity index is 1.44. The molecule has 168 valence electrons. The fourth-order valence-corrected chi connectivity index (χ4v) is 6.42. The molecule has 1 fully saturated rings. The molecule has 1 aliphatic rings. The zero-order chi connectivity index (χ0) is 22.7. The van der Waals surface area contributed by atoms with E-state index in [9.17, 15) is 18.0 Å². The van der Waals surface area contributed by atoms with Crippen molar-refractivity contribution in [2.24, 2.45) is 0 Å². The molecular weight excluding hydrogens is 450 g/mol. The van der Waals surface area contributed by atoms with Gasteiger partial charge < -0.3 is 14.6 Å². The van der Waals surface area contributed by atoms with E-state index in [1.807, 2.05) is 36.4 Å². The normalized spacial score (nSPS) is 15.0. The lowest BCUT2D eigenvalue weighted by Gasteiger charge is -2.34. The molecule has 2 aromatic carbocycles. The molecule has 0 unspecified atom stereocenters. The van der Waals surface area contributed by atoms with Gasteiger partial charge in [0.1, 0.15) is 12.4 Å². The summed E-state index contributed by atoms with van der Waals surface area (Å²) in [6.45, 7) is 2.74. The number of aryl methyl sites for hydroxylation is 1. The van der Waals surface area contributed by atoms with Crippen LogP contribution in [0.25, 0.3) is 0 Å². The number of benzene rings is 2. The first-order valence-corrected chi connectivity index (χ1v) is 12.4. The summed E-state index contributed by atoms with van der Waals surface area (Å²) in [6, 6.07) is 16.7. The highest BCUT2D eigenvalue weighted by molar-refractivity contribution is 7.91. The minimum absolute atomic E-state index is 0.0296. The third-order valence-electron chi connectivity index (χ3n) is 5.24. The topological polar surface area (TPSA) is 99.8 Å². The monoisotopic (exact) mass is 473 g/mol. The molecule has 0 bridgehead atoms. The average Bonchev–Trinajstić information content (AvgIpc) is 3.17. The smallest absolute Gasteiger partial charge is 0.305 e. The Morgan fingerprint density at radius 3 is 2.34 bits per heavy atom. The number of sulfonamides is 1. The second kappa shape index (κ2) is 9.27. The molecule has 0 saturated carbocycles. The number of carbonyl (C=O) groups excluding carboxylic acids is 1. The highest BCUT2D eigenvalue weighted by atomic mass is 32.2. The van der Waals surface area contributed by atoms with Gasteiger partial charge in [-0.3, -0.25) is 9.59 Å². The van der Waals surface area contributed by atoms with Gasteiger partial charge >= 0.3 is 4.87 Å². The summed E-state index contributed by atoms with van der Waals surface area (Å²) in [5, 5.41) is 0. The van der Waals surface area contributed by atoms with Crippen LogP contribution in [-0.2, 0) is 16.6 Å². The van der Waals surface area contributed by atoms with Gasteiger partial charge in [-0.25, -0.2) is 8.42 Å². The maximum absolute atomic E-state index is 13.1. The molecule has 0 radical (unpaired) electrons. The van der Waals surface area contributed by atoms with Crippen LogP contribution in [0.4, 0.5) is 0 Å². The van der Waals surface area contributed by atoms with Crippen LogP contribution in [0.15, 0.2) is 63.6 Å². The Morgan fingerprint density at radius 1 is 1.03 bits per heavy atom. The molecule has 0 atom stereocenters. The van der Waals surface area contributed by atoms with Gasteiger partial charge in [0.2, 0.25) is 0 Å². The number of ether oxygens (including phenoxy) is 1. The fraction of sp³-hybridized carbons (Fsp3) is 0.273. The van der Waals surface area contributed by atoms with Crippen molar-refractivity contribution >= 4 is 27.3 Å². The number of thiazole rings is 1. The Bertz CT molecular complexity index is 1260. The van der Waals surface area contributed by atoms with Crippen LogP contribution in [0.3, 0.4) is 0 Å². The number of aromatic amines is 1. The number of amides is 1. The van der Waals surface area contributed by atoms with Crippen LogP contribution in [0.1, 0.15) is 21.6 Å². The van der Waals surface area contributed by atoms with Crippen LogP contribution in [-0.4, -0.2) is 54.7 Å². The van der Waals surface area contributed by atoms with Crippen molar-refractivity contribution in [3.63, 3.8) is 0 Å². The molecule has 32 heavy (non-hydrogen) atoms. The number of carbonyl (C=O) groups is 1. The van der Waals surface area contributed by atoms with Gasteiger partial charge in [0, 0.05) is 31.9 Å². The van der Waals surface area contributed by atoms with E-state index >= 15 is 0 Å². The van der Waals surface area contributed by atoms with Crippen molar-refractivity contribution in [1.82, 2.24) is 14.2 Å². The predicted octanol–water partition coefficient (Wildman–Crippen LogP) is 2.47. The summed E-state index contributed by atoms with van der Waals surface area (Å²) in [4.78, 5) is 28.4. The number of hydrogen-bond acceptors (Lipinski definition) is 6. The third-order valence-corrected chi connectivity index (χ3v) is 8.72. The second-order valence-electron chi connectivity index (χ2n) is 7.39. The van der Waals surface area contributed by atoms with E-state index < -0.39 is 14.9 Å². The molecule has 0 aliphatic carbocycles. The molecule has 1 amide bonds. The van der Waals surface area contributed by atoms with E-state index in [4.69, 9.17) is 4.74 Å². The largest absolute Gasteiger partial charge is 0.488 e. The summed E-state index contributed by atoms with van der Waals surface area (Å²) >= 11 is 0.687. The van der Waals surface area contributed by atoms with E-state index in [0.717, 1.165) is 5.56 Å². The Morgan fingerprint density at radius 2 is 1.69 bits per heavy atom. The first kappa shape index (κ1) is 22.3. The van der Waals surface area contributed by atoms with Crippen LogP contribution in [0.5, 0.6) is 5.75 Å². The number of piperazine rings is 1. The number of nitrogens with zero attached hydrogens (tertiary/aromatic N) is 2. The summed E-state index contributed by atoms with van der Waals surface area (Å²) in [7, 11) is -3.78. The standard InChI is InChI=1S/C22H23N3O5S2/c1-16-21(31-22(27)23-16)32(28,29)25-13-11-24(12-14-25)20(26)18-9-5-6-10-19(18)30-15-17-7-3-2-4-8-17/h2-10H,11-15H2,1H3,(H,23,27). The lowest BCUT2D eigenvalue weighted by atomic mass is 10.1.